The predicted molar refractivity (Wildman–Crippen MR) is 142 cm³/mol. The van der Waals surface area contributed by atoms with Crippen LogP contribution in [0.2, 0.25) is 0 Å². The van der Waals surface area contributed by atoms with Crippen LogP contribution in [-0.4, -0.2) is 40.0 Å². The molecule has 7 nitrogen and oxygen atoms in total. The fourth-order valence-electron chi connectivity index (χ4n) is 4.74. The summed E-state index contributed by atoms with van der Waals surface area (Å²) in [6.45, 7) is 4.12. The second-order valence-electron chi connectivity index (χ2n) is 9.09. The number of carbonyl (C=O) groups is 1. The largest absolute Gasteiger partial charge is 0.371 e. The van der Waals surface area contributed by atoms with E-state index in [1.54, 1.807) is 6.20 Å². The maximum atomic E-state index is 12.3. The quantitative estimate of drug-likeness (QED) is 0.398. The number of hydrogen-bond donors (Lipinski definition) is 2. The lowest BCUT2D eigenvalue weighted by atomic mass is 9.93. The van der Waals surface area contributed by atoms with Crippen molar-refractivity contribution < 1.29 is 4.79 Å². The first-order valence-corrected chi connectivity index (χ1v) is 12.3. The van der Waals surface area contributed by atoms with Crippen molar-refractivity contribution in [3.05, 3.63) is 114 Å². The Morgan fingerprint density at radius 1 is 0.917 bits per heavy atom. The van der Waals surface area contributed by atoms with Gasteiger partial charge >= 0.3 is 0 Å². The third kappa shape index (κ3) is 5.58. The topological polar surface area (TPSA) is 83.0 Å². The van der Waals surface area contributed by atoms with E-state index in [0.717, 1.165) is 37.3 Å². The molecule has 1 fully saturated rings. The van der Waals surface area contributed by atoms with Gasteiger partial charge in [-0.15, -0.1) is 0 Å². The molecule has 7 heteroatoms. The van der Waals surface area contributed by atoms with E-state index in [0.29, 0.717) is 11.7 Å². The summed E-state index contributed by atoms with van der Waals surface area (Å²) in [4.78, 5) is 26.9. The van der Waals surface area contributed by atoms with Crippen molar-refractivity contribution in [3.8, 4) is 0 Å². The highest BCUT2D eigenvalue weighted by atomic mass is 16.1. The number of aromatic nitrogens is 3. The van der Waals surface area contributed by atoms with E-state index in [2.05, 4.69) is 85.9 Å². The predicted octanol–water partition coefficient (Wildman–Crippen LogP) is 4.78. The first-order valence-electron chi connectivity index (χ1n) is 12.3. The summed E-state index contributed by atoms with van der Waals surface area (Å²) in [7, 11) is 0. The molecule has 1 aliphatic rings. The molecule has 1 saturated heterocycles. The van der Waals surface area contributed by atoms with Crippen molar-refractivity contribution >= 4 is 17.3 Å². The van der Waals surface area contributed by atoms with E-state index < -0.39 is 0 Å². The SMILES string of the molecule is Cc1ccccc1[C@@H](NC1CCN(c2ccc(NC(=O)c3cnccn3)cc2)CC1)c1ccncc1. The normalized spacial score (nSPS) is 14.9. The fraction of sp³-hybridized carbons (Fsp3) is 0.241. The Balaban J connectivity index is 1.20. The van der Waals surface area contributed by atoms with Crippen molar-refractivity contribution in [1.29, 1.82) is 0 Å². The van der Waals surface area contributed by atoms with Crippen LogP contribution in [0.5, 0.6) is 0 Å². The molecule has 2 N–H and O–H groups in total. The molecule has 4 aromatic rings. The molecule has 0 spiro atoms. The molecule has 0 unspecified atom stereocenters. The number of pyridine rings is 1. The fourth-order valence-corrected chi connectivity index (χ4v) is 4.74. The average Bonchev–Trinajstić information content (AvgIpc) is 2.94. The van der Waals surface area contributed by atoms with Gasteiger partial charge in [-0.25, -0.2) is 4.98 Å². The molecule has 2 aromatic heterocycles. The number of carbonyl (C=O) groups excluding carboxylic acids is 1. The highest BCUT2D eigenvalue weighted by Crippen LogP contribution is 2.28. The van der Waals surface area contributed by atoms with Crippen molar-refractivity contribution in [2.24, 2.45) is 0 Å². The maximum absolute atomic E-state index is 12.3. The Morgan fingerprint density at radius 2 is 1.67 bits per heavy atom. The van der Waals surface area contributed by atoms with Gasteiger partial charge < -0.3 is 15.5 Å². The minimum Gasteiger partial charge on any atom is -0.371 e. The Morgan fingerprint density at radius 3 is 2.36 bits per heavy atom. The first kappa shape index (κ1) is 23.6. The third-order valence-corrected chi connectivity index (χ3v) is 6.72. The summed E-state index contributed by atoms with van der Waals surface area (Å²) in [6.07, 6.45) is 10.4. The number of piperidine rings is 1. The highest BCUT2D eigenvalue weighted by molar-refractivity contribution is 6.02. The van der Waals surface area contributed by atoms with Gasteiger partial charge in [0.25, 0.3) is 5.91 Å². The van der Waals surface area contributed by atoms with E-state index in [9.17, 15) is 4.79 Å². The summed E-state index contributed by atoms with van der Waals surface area (Å²) in [6, 6.07) is 21.4. The minimum absolute atomic E-state index is 0.142. The van der Waals surface area contributed by atoms with Crippen LogP contribution in [0, 0.1) is 6.92 Å². The molecule has 182 valence electrons. The molecule has 0 saturated carbocycles. The zero-order chi connectivity index (χ0) is 24.7. The summed E-state index contributed by atoms with van der Waals surface area (Å²) in [5.74, 6) is -0.264. The number of aryl methyl sites for hydroxylation is 1. The molecule has 3 heterocycles. The van der Waals surface area contributed by atoms with Crippen LogP contribution >= 0.6 is 0 Å². The summed E-state index contributed by atoms with van der Waals surface area (Å²) < 4.78 is 0. The molecule has 0 bridgehead atoms. The molecule has 36 heavy (non-hydrogen) atoms. The number of nitrogens with one attached hydrogen (secondary N) is 2. The maximum Gasteiger partial charge on any atom is 0.275 e. The van der Waals surface area contributed by atoms with Crippen LogP contribution in [0.25, 0.3) is 0 Å². The van der Waals surface area contributed by atoms with Crippen molar-refractivity contribution in [3.63, 3.8) is 0 Å². The number of anilines is 2. The zero-order valence-electron chi connectivity index (χ0n) is 20.3. The molecular weight excluding hydrogens is 448 g/mol. The van der Waals surface area contributed by atoms with Gasteiger partial charge in [-0.3, -0.25) is 14.8 Å². The minimum atomic E-state index is -0.264. The monoisotopic (exact) mass is 478 g/mol. The highest BCUT2D eigenvalue weighted by Gasteiger charge is 2.24. The lowest BCUT2D eigenvalue weighted by Crippen LogP contribution is -2.44. The van der Waals surface area contributed by atoms with Gasteiger partial charge in [-0.05, 0) is 72.9 Å². The first-order chi connectivity index (χ1) is 17.7. The van der Waals surface area contributed by atoms with Crippen LogP contribution in [0.4, 0.5) is 11.4 Å². The zero-order valence-corrected chi connectivity index (χ0v) is 20.3. The Kier molecular flexibility index (Phi) is 7.28. The number of benzene rings is 2. The lowest BCUT2D eigenvalue weighted by Gasteiger charge is -2.36. The van der Waals surface area contributed by atoms with Gasteiger partial charge in [0.15, 0.2) is 0 Å². The van der Waals surface area contributed by atoms with E-state index >= 15 is 0 Å². The number of amides is 1. The van der Waals surface area contributed by atoms with Gasteiger partial charge in [0.1, 0.15) is 5.69 Å². The van der Waals surface area contributed by atoms with Gasteiger partial charge in [-0.2, -0.15) is 0 Å². The molecule has 0 radical (unpaired) electrons. The molecular formula is C29H30N6O. The van der Waals surface area contributed by atoms with E-state index in [1.165, 1.54) is 29.1 Å². The second-order valence-corrected chi connectivity index (χ2v) is 9.09. The Bertz CT molecular complexity index is 1270. The van der Waals surface area contributed by atoms with Crippen molar-refractivity contribution in [2.75, 3.05) is 23.3 Å². The average molecular weight is 479 g/mol. The summed E-state index contributed by atoms with van der Waals surface area (Å²) in [5.41, 5.74) is 6.04. The van der Waals surface area contributed by atoms with Crippen LogP contribution in [0.15, 0.2) is 91.6 Å². The van der Waals surface area contributed by atoms with Crippen molar-refractivity contribution in [1.82, 2.24) is 20.3 Å². The molecule has 1 atom stereocenters. The van der Waals surface area contributed by atoms with Crippen LogP contribution in [0.1, 0.15) is 46.1 Å². The molecule has 1 amide bonds. The van der Waals surface area contributed by atoms with E-state index in [1.807, 2.05) is 24.5 Å². The Labute approximate surface area is 211 Å². The van der Waals surface area contributed by atoms with E-state index in [-0.39, 0.29) is 11.9 Å². The van der Waals surface area contributed by atoms with Gasteiger partial charge in [0, 0.05) is 55.3 Å². The molecule has 5 rings (SSSR count). The van der Waals surface area contributed by atoms with Gasteiger partial charge in [0.05, 0.1) is 12.2 Å². The lowest BCUT2D eigenvalue weighted by molar-refractivity contribution is 0.102. The standard InChI is InChI=1S/C29H30N6O/c1-21-4-2-3-5-26(21)28(22-10-14-30-15-11-22)33-24-12-18-35(19-13-24)25-8-6-23(7-9-25)34-29(36)27-20-31-16-17-32-27/h2-11,14-17,20,24,28,33H,12-13,18-19H2,1H3,(H,34,36)/t28-/m0/s1. The van der Waals surface area contributed by atoms with Crippen LogP contribution in [0.3, 0.4) is 0 Å². The van der Waals surface area contributed by atoms with Crippen molar-refractivity contribution in [2.45, 2.75) is 31.8 Å². The number of nitrogens with zero attached hydrogens (tertiary/aromatic N) is 4. The van der Waals surface area contributed by atoms with E-state index in [4.69, 9.17) is 0 Å². The Hall–Kier alpha value is -4.10. The van der Waals surface area contributed by atoms with Crippen LogP contribution in [-0.2, 0) is 0 Å². The van der Waals surface area contributed by atoms with Gasteiger partial charge in [-0.1, -0.05) is 24.3 Å². The molecule has 2 aromatic carbocycles. The summed E-state index contributed by atoms with van der Waals surface area (Å²) in [5, 5.41) is 6.81. The summed E-state index contributed by atoms with van der Waals surface area (Å²) >= 11 is 0. The number of hydrogen-bond acceptors (Lipinski definition) is 6. The van der Waals surface area contributed by atoms with Gasteiger partial charge in [0.2, 0.25) is 0 Å². The third-order valence-electron chi connectivity index (χ3n) is 6.72. The van der Waals surface area contributed by atoms with Crippen LogP contribution < -0.4 is 15.5 Å². The number of rotatable bonds is 7. The molecule has 1 aliphatic heterocycles. The smallest absolute Gasteiger partial charge is 0.275 e. The molecule has 0 aliphatic carbocycles. The second kappa shape index (κ2) is 11.1.